The Balaban J connectivity index is 3.00. The average Bonchev–Trinajstić information content (AvgIpc) is 2.39. The first-order chi connectivity index (χ1) is 8.62. The summed E-state index contributed by atoms with van der Waals surface area (Å²) < 4.78 is 0. The molecule has 0 atom stereocenters. The molecule has 6 nitrogen and oxygen atoms in total. The summed E-state index contributed by atoms with van der Waals surface area (Å²) in [6.07, 6.45) is 0.722. The van der Waals surface area contributed by atoms with Crippen molar-refractivity contribution in [2.24, 2.45) is 5.84 Å². The Morgan fingerprint density at radius 1 is 1.44 bits per heavy atom. The maximum Gasteiger partial charge on any atom is 0.145 e. The van der Waals surface area contributed by atoms with E-state index in [4.69, 9.17) is 10.9 Å². The van der Waals surface area contributed by atoms with Crippen molar-refractivity contribution >= 4 is 11.6 Å². The smallest absolute Gasteiger partial charge is 0.145 e. The molecule has 1 heterocycles. The number of aliphatic hydroxyl groups excluding tert-OH is 1. The lowest BCUT2D eigenvalue weighted by molar-refractivity contribution is 0.289. The van der Waals surface area contributed by atoms with Crippen LogP contribution in [-0.4, -0.2) is 34.8 Å². The fraction of sp³-hybridized carbons (Fsp3) is 0.667. The van der Waals surface area contributed by atoms with Crippen molar-refractivity contribution in [3.05, 3.63) is 11.9 Å². The van der Waals surface area contributed by atoms with E-state index in [1.165, 1.54) is 0 Å². The van der Waals surface area contributed by atoms with Crippen LogP contribution in [0.1, 0.15) is 38.9 Å². The molecule has 1 aromatic heterocycles. The van der Waals surface area contributed by atoms with Crippen LogP contribution in [-0.2, 0) is 0 Å². The van der Waals surface area contributed by atoms with Crippen LogP contribution in [0.3, 0.4) is 0 Å². The number of nitrogens with zero attached hydrogens (tertiary/aromatic N) is 3. The number of anilines is 2. The van der Waals surface area contributed by atoms with E-state index in [9.17, 15) is 0 Å². The summed E-state index contributed by atoms with van der Waals surface area (Å²) >= 11 is 0. The van der Waals surface area contributed by atoms with Gasteiger partial charge in [-0.15, -0.1) is 0 Å². The van der Waals surface area contributed by atoms with Crippen LogP contribution < -0.4 is 16.2 Å². The van der Waals surface area contributed by atoms with Gasteiger partial charge in [0.2, 0.25) is 0 Å². The highest BCUT2D eigenvalue weighted by atomic mass is 16.3. The molecule has 18 heavy (non-hydrogen) atoms. The van der Waals surface area contributed by atoms with E-state index >= 15 is 0 Å². The lowest BCUT2D eigenvalue weighted by Crippen LogP contribution is -2.26. The van der Waals surface area contributed by atoms with Gasteiger partial charge in [0.1, 0.15) is 17.5 Å². The molecule has 0 saturated carbocycles. The van der Waals surface area contributed by atoms with E-state index < -0.39 is 0 Å². The number of rotatable bonds is 7. The Morgan fingerprint density at radius 2 is 2.17 bits per heavy atom. The van der Waals surface area contributed by atoms with Gasteiger partial charge in [-0.1, -0.05) is 13.8 Å². The number of aromatic nitrogens is 2. The number of hydrogen-bond acceptors (Lipinski definition) is 6. The third kappa shape index (κ3) is 3.82. The zero-order chi connectivity index (χ0) is 13.5. The second kappa shape index (κ2) is 7.13. The van der Waals surface area contributed by atoms with Crippen molar-refractivity contribution in [2.45, 2.75) is 33.1 Å². The minimum absolute atomic E-state index is 0.181. The molecular formula is C12H23N5O. The maximum atomic E-state index is 8.91. The number of nitrogen functional groups attached to an aromatic ring is 1. The monoisotopic (exact) mass is 253 g/mol. The van der Waals surface area contributed by atoms with Gasteiger partial charge in [0.15, 0.2) is 0 Å². The first kappa shape index (κ1) is 14.7. The zero-order valence-electron chi connectivity index (χ0n) is 11.3. The van der Waals surface area contributed by atoms with Gasteiger partial charge in [0, 0.05) is 31.7 Å². The van der Waals surface area contributed by atoms with Crippen molar-refractivity contribution in [3.63, 3.8) is 0 Å². The molecule has 0 saturated heterocycles. The lowest BCUT2D eigenvalue weighted by Gasteiger charge is -2.23. The summed E-state index contributed by atoms with van der Waals surface area (Å²) in [6.45, 7) is 7.93. The quantitative estimate of drug-likeness (QED) is 0.498. The number of nitrogens with one attached hydrogen (secondary N) is 1. The van der Waals surface area contributed by atoms with E-state index in [1.54, 1.807) is 0 Å². The topological polar surface area (TPSA) is 87.3 Å². The van der Waals surface area contributed by atoms with Gasteiger partial charge in [-0.25, -0.2) is 15.8 Å². The van der Waals surface area contributed by atoms with Crippen molar-refractivity contribution in [1.29, 1.82) is 0 Å². The molecule has 4 N–H and O–H groups in total. The van der Waals surface area contributed by atoms with Crippen molar-refractivity contribution in [1.82, 2.24) is 9.97 Å². The van der Waals surface area contributed by atoms with Gasteiger partial charge in [-0.3, -0.25) is 0 Å². The van der Waals surface area contributed by atoms with E-state index in [2.05, 4.69) is 27.2 Å². The predicted molar refractivity (Wildman–Crippen MR) is 73.5 cm³/mol. The van der Waals surface area contributed by atoms with E-state index in [-0.39, 0.29) is 12.5 Å². The Hall–Kier alpha value is -1.40. The van der Waals surface area contributed by atoms with E-state index in [1.807, 2.05) is 19.9 Å². The van der Waals surface area contributed by atoms with Gasteiger partial charge in [-0.2, -0.15) is 0 Å². The molecule has 0 aromatic carbocycles. The Bertz CT molecular complexity index is 369. The first-order valence-electron chi connectivity index (χ1n) is 6.33. The maximum absolute atomic E-state index is 8.91. The van der Waals surface area contributed by atoms with Gasteiger partial charge < -0.3 is 15.4 Å². The fourth-order valence-corrected chi connectivity index (χ4v) is 1.64. The highest BCUT2D eigenvalue weighted by molar-refractivity contribution is 5.49. The summed E-state index contributed by atoms with van der Waals surface area (Å²) in [5.41, 5.74) is 2.57. The van der Waals surface area contributed by atoms with Gasteiger partial charge in [0.25, 0.3) is 0 Å². The molecule has 0 amide bonds. The lowest BCUT2D eigenvalue weighted by atomic mass is 10.2. The van der Waals surface area contributed by atoms with Crippen LogP contribution in [0.4, 0.5) is 11.6 Å². The summed E-state index contributed by atoms with van der Waals surface area (Å²) in [4.78, 5) is 11.0. The average molecular weight is 253 g/mol. The van der Waals surface area contributed by atoms with Gasteiger partial charge >= 0.3 is 0 Å². The highest BCUT2D eigenvalue weighted by Gasteiger charge is 2.11. The zero-order valence-corrected chi connectivity index (χ0v) is 11.3. The summed E-state index contributed by atoms with van der Waals surface area (Å²) in [6, 6.07) is 1.83. The normalized spacial score (nSPS) is 10.8. The van der Waals surface area contributed by atoms with Crippen molar-refractivity contribution < 1.29 is 5.11 Å². The van der Waals surface area contributed by atoms with Crippen molar-refractivity contribution in [2.75, 3.05) is 30.0 Å². The molecule has 0 bridgehead atoms. The molecule has 0 unspecified atom stereocenters. The number of nitrogens with two attached hydrogens (primary N) is 1. The minimum Gasteiger partial charge on any atom is -0.396 e. The summed E-state index contributed by atoms with van der Waals surface area (Å²) in [5, 5.41) is 8.91. The molecule has 1 rings (SSSR count). The van der Waals surface area contributed by atoms with Gasteiger partial charge in [-0.05, 0) is 13.3 Å². The Labute approximate surface area is 108 Å². The third-order valence-electron chi connectivity index (χ3n) is 2.69. The first-order valence-corrected chi connectivity index (χ1v) is 6.33. The molecule has 0 aliphatic carbocycles. The highest BCUT2D eigenvalue weighted by Crippen LogP contribution is 2.19. The predicted octanol–water partition coefficient (Wildman–Crippen LogP) is 1.09. The number of hydrogen-bond donors (Lipinski definition) is 3. The molecule has 1 aromatic rings. The Kier molecular flexibility index (Phi) is 5.80. The molecule has 0 radical (unpaired) electrons. The fourth-order valence-electron chi connectivity index (χ4n) is 1.64. The Morgan fingerprint density at radius 3 is 2.67 bits per heavy atom. The molecule has 0 aliphatic heterocycles. The molecular weight excluding hydrogens is 230 g/mol. The standard InChI is InChI=1S/C12H23N5O/c1-4-17(6-5-7-18)11-8-10(16-13)14-12(15-11)9(2)3/h8-9,18H,4-7,13H2,1-3H3,(H,14,15,16). The SMILES string of the molecule is CCN(CCCO)c1cc(NN)nc(C(C)C)n1. The molecule has 0 spiro atoms. The van der Waals surface area contributed by atoms with Gasteiger partial charge in [0.05, 0.1) is 0 Å². The molecule has 6 heteroatoms. The van der Waals surface area contributed by atoms with E-state index in [0.717, 1.165) is 31.2 Å². The van der Waals surface area contributed by atoms with Crippen molar-refractivity contribution in [3.8, 4) is 0 Å². The molecule has 0 fully saturated rings. The van der Waals surface area contributed by atoms with Crippen LogP contribution in [0.15, 0.2) is 6.07 Å². The van der Waals surface area contributed by atoms with Crippen LogP contribution in [0, 0.1) is 0 Å². The van der Waals surface area contributed by atoms with Crippen LogP contribution in [0.2, 0.25) is 0 Å². The second-order valence-corrected chi connectivity index (χ2v) is 4.43. The van der Waals surface area contributed by atoms with Crippen LogP contribution in [0.25, 0.3) is 0 Å². The molecule has 102 valence electrons. The van der Waals surface area contributed by atoms with E-state index in [0.29, 0.717) is 5.82 Å². The molecule has 0 aliphatic rings. The number of aliphatic hydroxyl groups is 1. The van der Waals surface area contributed by atoms with Crippen LogP contribution in [0.5, 0.6) is 0 Å². The minimum atomic E-state index is 0.181. The summed E-state index contributed by atoms with van der Waals surface area (Å²) in [5.74, 6) is 7.90. The number of hydrazine groups is 1. The van der Waals surface area contributed by atoms with Crippen LogP contribution >= 0.6 is 0 Å². The largest absolute Gasteiger partial charge is 0.396 e. The summed E-state index contributed by atoms with van der Waals surface area (Å²) in [7, 11) is 0. The second-order valence-electron chi connectivity index (χ2n) is 4.43. The third-order valence-corrected chi connectivity index (χ3v) is 2.69.